The lowest BCUT2D eigenvalue weighted by molar-refractivity contribution is -0.116. The molecule has 0 aliphatic rings. The van der Waals surface area contributed by atoms with Crippen LogP contribution in [-0.2, 0) is 4.79 Å². The molecule has 0 aromatic heterocycles. The number of benzene rings is 1. The van der Waals surface area contributed by atoms with E-state index in [0.717, 1.165) is 12.8 Å². The average molecular weight is 261 g/mol. The van der Waals surface area contributed by atoms with Crippen molar-refractivity contribution in [3.05, 3.63) is 28.2 Å². The summed E-state index contributed by atoms with van der Waals surface area (Å²) in [6, 6.07) is 4.96. The van der Waals surface area contributed by atoms with Gasteiger partial charge < -0.3 is 11.1 Å². The van der Waals surface area contributed by atoms with Gasteiger partial charge in [-0.25, -0.2) is 0 Å². The molecule has 0 aliphatic heterocycles. The number of unbranched alkanes of at least 4 members (excludes halogenated alkanes) is 1. The van der Waals surface area contributed by atoms with Crippen molar-refractivity contribution in [3.8, 4) is 0 Å². The predicted octanol–water partition coefficient (Wildman–Crippen LogP) is 3.06. The van der Waals surface area contributed by atoms with E-state index >= 15 is 0 Å². The Labute approximate surface area is 105 Å². The smallest absolute Gasteiger partial charge is 0.224 e. The molecule has 0 saturated carbocycles. The second-order valence-corrected chi connectivity index (χ2v) is 4.26. The molecule has 0 atom stereocenters. The predicted molar refractivity (Wildman–Crippen MR) is 68.0 cm³/mol. The molecule has 5 heteroatoms. The fourth-order valence-electron chi connectivity index (χ4n) is 1.24. The molecular weight excluding hydrogens is 247 g/mol. The monoisotopic (exact) mass is 260 g/mol. The van der Waals surface area contributed by atoms with Crippen molar-refractivity contribution in [1.82, 2.24) is 0 Å². The van der Waals surface area contributed by atoms with Crippen molar-refractivity contribution in [1.29, 1.82) is 0 Å². The van der Waals surface area contributed by atoms with E-state index in [1.807, 2.05) is 0 Å². The van der Waals surface area contributed by atoms with Crippen molar-refractivity contribution in [2.24, 2.45) is 5.73 Å². The standard InChI is InChI=1S/C11H14Cl2N2O/c12-8-4-5-9(13)10(7-8)15-11(16)3-1-2-6-14/h4-5,7H,1-3,6,14H2,(H,15,16). The number of halogens is 2. The Morgan fingerprint density at radius 3 is 2.75 bits per heavy atom. The topological polar surface area (TPSA) is 55.1 Å². The first-order chi connectivity index (χ1) is 7.63. The van der Waals surface area contributed by atoms with Gasteiger partial charge in [0.1, 0.15) is 0 Å². The molecule has 1 amide bonds. The van der Waals surface area contributed by atoms with Crippen molar-refractivity contribution in [2.45, 2.75) is 19.3 Å². The van der Waals surface area contributed by atoms with Crippen LogP contribution in [0.25, 0.3) is 0 Å². The van der Waals surface area contributed by atoms with Crippen LogP contribution in [0.5, 0.6) is 0 Å². The van der Waals surface area contributed by atoms with E-state index in [9.17, 15) is 4.79 Å². The van der Waals surface area contributed by atoms with Crippen LogP contribution in [0.2, 0.25) is 10.0 Å². The van der Waals surface area contributed by atoms with Crippen molar-refractivity contribution in [2.75, 3.05) is 11.9 Å². The Bertz CT molecular complexity index is 369. The molecule has 3 N–H and O–H groups in total. The number of carbonyl (C=O) groups is 1. The van der Waals surface area contributed by atoms with Crippen molar-refractivity contribution < 1.29 is 4.79 Å². The summed E-state index contributed by atoms with van der Waals surface area (Å²) in [6.45, 7) is 0.602. The first kappa shape index (κ1) is 13.3. The zero-order valence-corrected chi connectivity index (χ0v) is 10.3. The van der Waals surface area contributed by atoms with E-state index < -0.39 is 0 Å². The molecule has 0 spiro atoms. The van der Waals surface area contributed by atoms with Crippen LogP contribution in [0.4, 0.5) is 5.69 Å². The summed E-state index contributed by atoms with van der Waals surface area (Å²) < 4.78 is 0. The van der Waals surface area contributed by atoms with Gasteiger partial charge in [0.15, 0.2) is 0 Å². The van der Waals surface area contributed by atoms with Gasteiger partial charge in [-0.05, 0) is 37.6 Å². The second-order valence-electron chi connectivity index (χ2n) is 3.42. The quantitative estimate of drug-likeness (QED) is 0.800. The maximum absolute atomic E-state index is 11.5. The van der Waals surface area contributed by atoms with Crippen LogP contribution >= 0.6 is 23.2 Å². The Morgan fingerprint density at radius 1 is 1.31 bits per heavy atom. The molecule has 0 unspecified atom stereocenters. The molecule has 88 valence electrons. The first-order valence-electron chi connectivity index (χ1n) is 5.08. The lowest BCUT2D eigenvalue weighted by Gasteiger charge is -2.07. The van der Waals surface area contributed by atoms with Gasteiger partial charge in [0.05, 0.1) is 10.7 Å². The minimum Gasteiger partial charge on any atom is -0.330 e. The van der Waals surface area contributed by atoms with Crippen LogP contribution in [0.15, 0.2) is 18.2 Å². The van der Waals surface area contributed by atoms with Gasteiger partial charge in [-0.2, -0.15) is 0 Å². The van der Waals surface area contributed by atoms with Gasteiger partial charge in [0.25, 0.3) is 0 Å². The summed E-state index contributed by atoms with van der Waals surface area (Å²) in [6.07, 6.45) is 2.07. The Kier molecular flexibility index (Phi) is 5.60. The fraction of sp³-hybridized carbons (Fsp3) is 0.364. The summed E-state index contributed by atoms with van der Waals surface area (Å²) in [4.78, 5) is 11.5. The minimum absolute atomic E-state index is 0.0717. The number of anilines is 1. The van der Waals surface area contributed by atoms with E-state index in [-0.39, 0.29) is 5.91 Å². The third-order valence-electron chi connectivity index (χ3n) is 2.06. The second kappa shape index (κ2) is 6.74. The number of hydrogen-bond acceptors (Lipinski definition) is 2. The third kappa shape index (κ3) is 4.39. The van der Waals surface area contributed by atoms with E-state index in [2.05, 4.69) is 5.32 Å². The number of hydrogen-bond donors (Lipinski definition) is 2. The lowest BCUT2D eigenvalue weighted by Crippen LogP contribution is -2.12. The first-order valence-corrected chi connectivity index (χ1v) is 5.84. The van der Waals surface area contributed by atoms with Gasteiger partial charge in [-0.3, -0.25) is 4.79 Å². The van der Waals surface area contributed by atoms with Crippen molar-refractivity contribution >= 4 is 34.8 Å². The SMILES string of the molecule is NCCCCC(=O)Nc1cc(Cl)ccc1Cl. The molecular formula is C11H14Cl2N2O. The van der Waals surface area contributed by atoms with Crippen molar-refractivity contribution in [3.63, 3.8) is 0 Å². The van der Waals surface area contributed by atoms with Crippen LogP contribution in [0.1, 0.15) is 19.3 Å². The van der Waals surface area contributed by atoms with Crippen LogP contribution in [0.3, 0.4) is 0 Å². The highest BCUT2D eigenvalue weighted by atomic mass is 35.5. The number of rotatable bonds is 5. The number of nitrogens with two attached hydrogens (primary N) is 1. The minimum atomic E-state index is -0.0717. The number of carbonyl (C=O) groups excluding carboxylic acids is 1. The maximum atomic E-state index is 11.5. The molecule has 0 radical (unpaired) electrons. The fourth-order valence-corrected chi connectivity index (χ4v) is 1.57. The molecule has 1 rings (SSSR count). The lowest BCUT2D eigenvalue weighted by atomic mass is 10.2. The summed E-state index contributed by atoms with van der Waals surface area (Å²) in [5.74, 6) is -0.0717. The summed E-state index contributed by atoms with van der Waals surface area (Å²) in [5.41, 5.74) is 5.89. The molecule has 16 heavy (non-hydrogen) atoms. The molecule has 0 aliphatic carbocycles. The molecule has 0 fully saturated rings. The van der Waals surface area contributed by atoms with Gasteiger partial charge in [-0.15, -0.1) is 0 Å². The normalized spacial score (nSPS) is 10.2. The van der Waals surface area contributed by atoms with Gasteiger partial charge in [-0.1, -0.05) is 23.2 Å². The molecule has 0 saturated heterocycles. The van der Waals surface area contributed by atoms with Crippen LogP contribution in [0, 0.1) is 0 Å². The highest BCUT2D eigenvalue weighted by Crippen LogP contribution is 2.25. The molecule has 1 aromatic rings. The highest BCUT2D eigenvalue weighted by molar-refractivity contribution is 6.35. The van der Waals surface area contributed by atoms with E-state index in [4.69, 9.17) is 28.9 Å². The van der Waals surface area contributed by atoms with E-state index in [1.165, 1.54) is 0 Å². The van der Waals surface area contributed by atoms with Gasteiger partial charge in [0, 0.05) is 11.4 Å². The Balaban J connectivity index is 2.52. The summed E-state index contributed by atoms with van der Waals surface area (Å²) >= 11 is 11.7. The zero-order chi connectivity index (χ0) is 12.0. The molecule has 0 heterocycles. The highest BCUT2D eigenvalue weighted by Gasteiger charge is 2.05. The maximum Gasteiger partial charge on any atom is 0.224 e. The van der Waals surface area contributed by atoms with E-state index in [0.29, 0.717) is 28.7 Å². The molecule has 3 nitrogen and oxygen atoms in total. The molecule has 1 aromatic carbocycles. The Hall–Kier alpha value is -0.770. The average Bonchev–Trinajstić information content (AvgIpc) is 2.24. The van der Waals surface area contributed by atoms with E-state index in [1.54, 1.807) is 18.2 Å². The van der Waals surface area contributed by atoms with Crippen LogP contribution < -0.4 is 11.1 Å². The Morgan fingerprint density at radius 2 is 2.06 bits per heavy atom. The zero-order valence-electron chi connectivity index (χ0n) is 8.80. The third-order valence-corrected chi connectivity index (χ3v) is 2.63. The summed E-state index contributed by atoms with van der Waals surface area (Å²) in [5, 5.41) is 3.74. The molecule has 0 bridgehead atoms. The van der Waals surface area contributed by atoms with Gasteiger partial charge in [0.2, 0.25) is 5.91 Å². The number of nitrogens with one attached hydrogen (secondary N) is 1. The summed E-state index contributed by atoms with van der Waals surface area (Å²) in [7, 11) is 0. The van der Waals surface area contributed by atoms with Gasteiger partial charge >= 0.3 is 0 Å². The van der Waals surface area contributed by atoms with Crippen LogP contribution in [-0.4, -0.2) is 12.5 Å². The number of amides is 1. The largest absolute Gasteiger partial charge is 0.330 e.